The first-order valence-corrected chi connectivity index (χ1v) is 6.63. The van der Waals surface area contributed by atoms with E-state index >= 15 is 0 Å². The minimum Gasteiger partial charge on any atom is -0.406 e. The maximum absolute atomic E-state index is 12.1. The van der Waals surface area contributed by atoms with Gasteiger partial charge in [-0.2, -0.15) is 5.10 Å². The molecule has 3 nitrogen and oxygen atoms in total. The maximum atomic E-state index is 12.1. The Morgan fingerprint density at radius 2 is 1.81 bits per heavy atom. The van der Waals surface area contributed by atoms with Gasteiger partial charge in [0.15, 0.2) is 0 Å². The van der Waals surface area contributed by atoms with Crippen LogP contribution in [0.3, 0.4) is 0 Å². The number of nitrogens with zero attached hydrogens (tertiary/aromatic N) is 1. The van der Waals surface area contributed by atoms with Gasteiger partial charge in [0.2, 0.25) is 0 Å². The van der Waals surface area contributed by atoms with Crippen molar-refractivity contribution in [2.45, 2.75) is 6.36 Å². The molecule has 0 bridgehead atoms. The number of hydrogen-bond acceptors (Lipinski definition) is 3. The topological polar surface area (TPSA) is 33.6 Å². The van der Waals surface area contributed by atoms with Gasteiger partial charge in [0.05, 0.1) is 11.9 Å². The van der Waals surface area contributed by atoms with E-state index < -0.39 is 6.36 Å². The second-order valence-electron chi connectivity index (χ2n) is 3.97. The molecule has 0 aromatic heterocycles. The third-order valence-corrected chi connectivity index (χ3v) is 3.06. The number of para-hydroxylation sites is 1. The third kappa shape index (κ3) is 5.11. The Hall–Kier alpha value is -2.02. The van der Waals surface area contributed by atoms with Crippen LogP contribution in [0.4, 0.5) is 18.9 Å². The number of rotatable bonds is 4. The highest BCUT2D eigenvalue weighted by atomic mass is 79.9. The quantitative estimate of drug-likeness (QED) is 0.629. The summed E-state index contributed by atoms with van der Waals surface area (Å²) in [6.07, 6.45) is -3.21. The zero-order chi connectivity index (χ0) is 15.3. The number of anilines is 1. The summed E-state index contributed by atoms with van der Waals surface area (Å²) in [5, 5.41) is 4.01. The van der Waals surface area contributed by atoms with Crippen molar-refractivity contribution < 1.29 is 17.9 Å². The smallest absolute Gasteiger partial charge is 0.406 e. The Balaban J connectivity index is 2.04. The van der Waals surface area contributed by atoms with Crippen LogP contribution < -0.4 is 10.2 Å². The van der Waals surface area contributed by atoms with E-state index in [0.717, 1.165) is 5.69 Å². The Morgan fingerprint density at radius 3 is 2.43 bits per heavy atom. The highest BCUT2D eigenvalue weighted by molar-refractivity contribution is 9.10. The van der Waals surface area contributed by atoms with Gasteiger partial charge in [-0.05, 0) is 46.3 Å². The van der Waals surface area contributed by atoms with Gasteiger partial charge in [0.25, 0.3) is 0 Å². The van der Waals surface area contributed by atoms with Crippen LogP contribution in [0, 0.1) is 0 Å². The number of alkyl halides is 3. The van der Waals surface area contributed by atoms with E-state index in [1.54, 1.807) is 0 Å². The van der Waals surface area contributed by atoms with Gasteiger partial charge in [0, 0.05) is 10.0 Å². The zero-order valence-electron chi connectivity index (χ0n) is 10.6. The zero-order valence-corrected chi connectivity index (χ0v) is 12.1. The highest BCUT2D eigenvalue weighted by Gasteiger charge is 2.31. The summed E-state index contributed by atoms with van der Waals surface area (Å²) in [5.41, 5.74) is 4.24. The summed E-state index contributed by atoms with van der Waals surface area (Å²) < 4.78 is 40.5. The fourth-order valence-corrected chi connectivity index (χ4v) is 1.96. The molecule has 1 N–H and O–H groups in total. The molecule has 0 aliphatic carbocycles. The first-order chi connectivity index (χ1) is 9.94. The van der Waals surface area contributed by atoms with Crippen LogP contribution >= 0.6 is 15.9 Å². The number of hydrazone groups is 1. The van der Waals surface area contributed by atoms with Crippen molar-refractivity contribution in [1.29, 1.82) is 0 Å². The Labute approximate surface area is 127 Å². The molecule has 2 aromatic rings. The standard InChI is InChI=1S/C14H10BrF3N2O/c15-13-8-12(21-14(16,17)18)7-6-10(13)9-19-20-11-4-2-1-3-5-11/h1-9,20H. The minimum absolute atomic E-state index is 0.289. The molecule has 2 rings (SSSR count). The lowest BCUT2D eigenvalue weighted by molar-refractivity contribution is -0.274. The third-order valence-electron chi connectivity index (χ3n) is 2.38. The van der Waals surface area contributed by atoms with Crippen molar-refractivity contribution in [3.8, 4) is 5.75 Å². The van der Waals surface area contributed by atoms with Gasteiger partial charge in [-0.1, -0.05) is 18.2 Å². The van der Waals surface area contributed by atoms with Gasteiger partial charge in [-0.15, -0.1) is 13.2 Å². The van der Waals surface area contributed by atoms with Gasteiger partial charge in [0.1, 0.15) is 5.75 Å². The fourth-order valence-electron chi connectivity index (χ4n) is 1.50. The summed E-state index contributed by atoms with van der Waals surface area (Å²) in [4.78, 5) is 0. The van der Waals surface area contributed by atoms with Crippen LogP contribution in [-0.2, 0) is 0 Å². The van der Waals surface area contributed by atoms with Gasteiger partial charge < -0.3 is 4.74 Å². The molecular formula is C14H10BrF3N2O. The molecule has 0 radical (unpaired) electrons. The van der Waals surface area contributed by atoms with Crippen LogP contribution in [0.15, 0.2) is 58.1 Å². The molecule has 0 spiro atoms. The van der Waals surface area contributed by atoms with E-state index in [2.05, 4.69) is 31.2 Å². The number of hydrogen-bond donors (Lipinski definition) is 1. The van der Waals surface area contributed by atoms with Crippen LogP contribution in [0.5, 0.6) is 5.75 Å². The van der Waals surface area contributed by atoms with Crippen molar-refractivity contribution in [3.05, 3.63) is 58.6 Å². The lowest BCUT2D eigenvalue weighted by Crippen LogP contribution is -2.17. The monoisotopic (exact) mass is 358 g/mol. The van der Waals surface area contributed by atoms with E-state index in [-0.39, 0.29) is 5.75 Å². The first-order valence-electron chi connectivity index (χ1n) is 5.83. The average molecular weight is 359 g/mol. The molecule has 0 atom stereocenters. The van der Waals surface area contributed by atoms with E-state index in [1.165, 1.54) is 24.4 Å². The summed E-state index contributed by atoms with van der Waals surface area (Å²) in [6, 6.07) is 13.2. The molecule has 0 heterocycles. The van der Waals surface area contributed by atoms with Crippen LogP contribution in [0.2, 0.25) is 0 Å². The van der Waals surface area contributed by atoms with Crippen LogP contribution in [0.25, 0.3) is 0 Å². The van der Waals surface area contributed by atoms with Crippen molar-refractivity contribution in [2.24, 2.45) is 5.10 Å². The first kappa shape index (κ1) is 15.4. The van der Waals surface area contributed by atoms with Gasteiger partial charge >= 0.3 is 6.36 Å². The number of benzene rings is 2. The largest absolute Gasteiger partial charge is 0.573 e. The fraction of sp³-hybridized carbons (Fsp3) is 0.0714. The Kier molecular flexibility index (Phi) is 4.85. The second-order valence-corrected chi connectivity index (χ2v) is 4.82. The van der Waals surface area contributed by atoms with Crippen molar-refractivity contribution in [3.63, 3.8) is 0 Å². The normalized spacial score (nSPS) is 11.6. The molecule has 2 aromatic carbocycles. The Bertz CT molecular complexity index is 630. The van der Waals surface area contributed by atoms with Crippen LogP contribution in [0.1, 0.15) is 5.56 Å². The number of nitrogens with one attached hydrogen (secondary N) is 1. The molecule has 0 amide bonds. The lowest BCUT2D eigenvalue weighted by Gasteiger charge is -2.09. The SMILES string of the molecule is FC(F)(F)Oc1ccc(C=NNc2ccccc2)c(Br)c1. The molecule has 0 saturated heterocycles. The molecule has 110 valence electrons. The van der Waals surface area contributed by atoms with Gasteiger partial charge in [-0.3, -0.25) is 5.43 Å². The van der Waals surface area contributed by atoms with E-state index in [4.69, 9.17) is 0 Å². The molecule has 21 heavy (non-hydrogen) atoms. The van der Waals surface area contributed by atoms with Crippen molar-refractivity contribution >= 4 is 27.8 Å². The molecule has 0 aliphatic rings. The summed E-state index contributed by atoms with van der Waals surface area (Å²) >= 11 is 3.17. The lowest BCUT2D eigenvalue weighted by atomic mass is 10.2. The summed E-state index contributed by atoms with van der Waals surface area (Å²) in [7, 11) is 0. The number of halogens is 4. The van der Waals surface area contributed by atoms with Crippen molar-refractivity contribution in [1.82, 2.24) is 0 Å². The molecular weight excluding hydrogens is 349 g/mol. The second kappa shape index (κ2) is 6.62. The molecule has 0 unspecified atom stereocenters. The summed E-state index contributed by atoms with van der Waals surface area (Å²) in [5.74, 6) is -0.289. The molecule has 0 aliphatic heterocycles. The average Bonchev–Trinajstić information content (AvgIpc) is 2.41. The van der Waals surface area contributed by atoms with E-state index in [1.807, 2.05) is 30.3 Å². The highest BCUT2D eigenvalue weighted by Crippen LogP contribution is 2.27. The summed E-state index contributed by atoms with van der Waals surface area (Å²) in [6.45, 7) is 0. The van der Waals surface area contributed by atoms with E-state index in [9.17, 15) is 13.2 Å². The van der Waals surface area contributed by atoms with Crippen molar-refractivity contribution in [2.75, 3.05) is 5.43 Å². The van der Waals surface area contributed by atoms with E-state index in [0.29, 0.717) is 10.0 Å². The van der Waals surface area contributed by atoms with Crippen LogP contribution in [-0.4, -0.2) is 12.6 Å². The predicted octanol–water partition coefficient (Wildman–Crippen LogP) is 4.79. The maximum Gasteiger partial charge on any atom is 0.573 e. The Morgan fingerprint density at radius 1 is 1.10 bits per heavy atom. The molecule has 0 saturated carbocycles. The molecule has 7 heteroatoms. The molecule has 0 fully saturated rings. The van der Waals surface area contributed by atoms with Gasteiger partial charge in [-0.25, -0.2) is 0 Å². The number of ether oxygens (including phenoxy) is 1. The minimum atomic E-state index is -4.70. The predicted molar refractivity (Wildman–Crippen MR) is 78.5 cm³/mol.